The van der Waals surface area contributed by atoms with Gasteiger partial charge >= 0.3 is 18.9 Å². The SMILES string of the molecule is CC[N-][Si](CC)(CC)[Si](CC)(CC)CC.[Li+]. The molecular formula is C12H30LiNSi2. The topological polar surface area (TPSA) is 14.1 Å². The average molecular weight is 251 g/mol. The molecule has 4 heteroatoms. The summed E-state index contributed by atoms with van der Waals surface area (Å²) in [6, 6.07) is 7.14. The van der Waals surface area contributed by atoms with Crippen LogP contribution in [0.3, 0.4) is 0 Å². The maximum Gasteiger partial charge on any atom is 1.00 e. The van der Waals surface area contributed by atoms with Gasteiger partial charge in [-0.3, -0.25) is 0 Å². The zero-order valence-electron chi connectivity index (χ0n) is 12.7. The van der Waals surface area contributed by atoms with Gasteiger partial charge in [0.25, 0.3) is 0 Å². The van der Waals surface area contributed by atoms with E-state index in [0.717, 1.165) is 6.54 Å². The molecule has 0 rings (SSSR count). The fourth-order valence-electron chi connectivity index (χ4n) is 3.43. The van der Waals surface area contributed by atoms with Crippen molar-refractivity contribution in [2.75, 3.05) is 6.54 Å². The Balaban J connectivity index is 0. The van der Waals surface area contributed by atoms with Crippen LogP contribution in [0.1, 0.15) is 41.5 Å². The van der Waals surface area contributed by atoms with Crippen LogP contribution < -0.4 is 18.9 Å². The van der Waals surface area contributed by atoms with E-state index in [1.165, 1.54) is 30.2 Å². The second-order valence-electron chi connectivity index (χ2n) is 4.55. The largest absolute Gasteiger partial charge is 1.00 e. The molecule has 0 saturated carbocycles. The van der Waals surface area contributed by atoms with Gasteiger partial charge in [-0.1, -0.05) is 79.5 Å². The molecule has 0 N–H and O–H groups in total. The Bertz CT molecular complexity index is 160. The third-order valence-electron chi connectivity index (χ3n) is 4.65. The van der Waals surface area contributed by atoms with Gasteiger partial charge in [0.1, 0.15) is 0 Å². The van der Waals surface area contributed by atoms with Crippen molar-refractivity contribution in [1.82, 2.24) is 0 Å². The Morgan fingerprint density at radius 3 is 1.25 bits per heavy atom. The van der Waals surface area contributed by atoms with Crippen LogP contribution in [0.5, 0.6) is 0 Å². The Morgan fingerprint density at radius 1 is 0.688 bits per heavy atom. The van der Waals surface area contributed by atoms with Crippen LogP contribution in [0.15, 0.2) is 0 Å². The van der Waals surface area contributed by atoms with Crippen LogP contribution in [0, 0.1) is 0 Å². The summed E-state index contributed by atoms with van der Waals surface area (Å²) in [5.41, 5.74) is 0. The van der Waals surface area contributed by atoms with E-state index in [2.05, 4.69) is 41.5 Å². The zero-order chi connectivity index (χ0) is 11.9. The van der Waals surface area contributed by atoms with Crippen LogP contribution >= 0.6 is 0 Å². The first-order valence-corrected chi connectivity index (χ1v) is 12.8. The monoisotopic (exact) mass is 251 g/mol. The van der Waals surface area contributed by atoms with E-state index < -0.39 is 15.3 Å². The van der Waals surface area contributed by atoms with Crippen LogP contribution in [0.4, 0.5) is 0 Å². The molecule has 0 radical (unpaired) electrons. The second kappa shape index (κ2) is 8.99. The van der Waals surface area contributed by atoms with Crippen molar-refractivity contribution in [1.29, 1.82) is 0 Å². The van der Waals surface area contributed by atoms with Crippen molar-refractivity contribution in [2.45, 2.75) is 71.8 Å². The van der Waals surface area contributed by atoms with Gasteiger partial charge < -0.3 is 4.98 Å². The molecule has 0 atom stereocenters. The summed E-state index contributed by atoms with van der Waals surface area (Å²) < 4.78 is 0. The van der Waals surface area contributed by atoms with Crippen molar-refractivity contribution < 1.29 is 18.9 Å². The summed E-state index contributed by atoms with van der Waals surface area (Å²) in [4.78, 5) is 5.18. The fourth-order valence-corrected chi connectivity index (χ4v) is 22.2. The predicted molar refractivity (Wildman–Crippen MR) is 77.8 cm³/mol. The smallest absolute Gasteiger partial charge is 0.666 e. The second-order valence-corrected chi connectivity index (χ2v) is 19.0. The predicted octanol–water partition coefficient (Wildman–Crippen LogP) is 1.96. The molecule has 0 bridgehead atoms. The molecule has 0 aromatic heterocycles. The van der Waals surface area contributed by atoms with Crippen molar-refractivity contribution >= 4 is 15.3 Å². The summed E-state index contributed by atoms with van der Waals surface area (Å²) in [7, 11) is -2.31. The van der Waals surface area contributed by atoms with E-state index >= 15 is 0 Å². The van der Waals surface area contributed by atoms with E-state index in [1.54, 1.807) is 0 Å². The summed E-state index contributed by atoms with van der Waals surface area (Å²) in [6.45, 7) is 15.4. The summed E-state index contributed by atoms with van der Waals surface area (Å²) in [5, 5.41) is 0. The molecule has 1 nitrogen and oxygen atoms in total. The Morgan fingerprint density at radius 2 is 1.06 bits per heavy atom. The van der Waals surface area contributed by atoms with Crippen LogP contribution in [-0.2, 0) is 0 Å². The minimum Gasteiger partial charge on any atom is -0.666 e. The molecule has 0 heterocycles. The molecule has 0 aliphatic heterocycles. The maximum absolute atomic E-state index is 5.18. The first-order chi connectivity index (χ1) is 7.11. The third kappa shape index (κ3) is 3.49. The van der Waals surface area contributed by atoms with Crippen molar-refractivity contribution in [3.8, 4) is 0 Å². The quantitative estimate of drug-likeness (QED) is 0.586. The van der Waals surface area contributed by atoms with E-state index in [0.29, 0.717) is 0 Å². The zero-order valence-corrected chi connectivity index (χ0v) is 14.7. The van der Waals surface area contributed by atoms with E-state index in [1.807, 2.05) is 0 Å². The van der Waals surface area contributed by atoms with Crippen molar-refractivity contribution in [3.05, 3.63) is 4.98 Å². The molecule has 0 amide bonds. The van der Waals surface area contributed by atoms with Gasteiger partial charge in [-0.25, -0.2) is 0 Å². The van der Waals surface area contributed by atoms with E-state index in [4.69, 9.17) is 4.98 Å². The van der Waals surface area contributed by atoms with Crippen LogP contribution in [0.25, 0.3) is 4.98 Å². The molecule has 0 aliphatic rings. The Hall–Kier alpha value is 0.991. The van der Waals surface area contributed by atoms with Gasteiger partial charge in [0.05, 0.1) is 0 Å². The minimum atomic E-state index is -1.26. The van der Waals surface area contributed by atoms with E-state index in [9.17, 15) is 0 Å². The van der Waals surface area contributed by atoms with Gasteiger partial charge in [-0.2, -0.15) is 6.54 Å². The molecule has 0 aromatic rings. The molecule has 0 saturated heterocycles. The first-order valence-electron chi connectivity index (χ1n) is 6.80. The Kier molecular flexibility index (Phi) is 10.9. The number of rotatable bonds is 8. The molecule has 16 heavy (non-hydrogen) atoms. The summed E-state index contributed by atoms with van der Waals surface area (Å²) in [5.74, 6) is 0. The maximum atomic E-state index is 5.18. The molecule has 0 aliphatic carbocycles. The van der Waals surface area contributed by atoms with Gasteiger partial charge in [0.15, 0.2) is 0 Å². The molecule has 92 valence electrons. The normalized spacial score (nSPS) is 12.4. The average Bonchev–Trinajstić information content (AvgIpc) is 2.30. The minimum absolute atomic E-state index is 0. The van der Waals surface area contributed by atoms with Gasteiger partial charge in [0, 0.05) is 7.59 Å². The van der Waals surface area contributed by atoms with Crippen LogP contribution in [-0.4, -0.2) is 21.9 Å². The first kappa shape index (κ1) is 19.3. The van der Waals surface area contributed by atoms with Crippen molar-refractivity contribution in [2.24, 2.45) is 0 Å². The Labute approximate surface area is 117 Å². The summed E-state index contributed by atoms with van der Waals surface area (Å²) >= 11 is 0. The van der Waals surface area contributed by atoms with Gasteiger partial charge in [-0.15, -0.1) is 0 Å². The molecule has 0 aromatic carbocycles. The molecular weight excluding hydrogens is 221 g/mol. The number of hydrogen-bond acceptors (Lipinski definition) is 0. The summed E-state index contributed by atoms with van der Waals surface area (Å²) in [6.07, 6.45) is 0. The van der Waals surface area contributed by atoms with Gasteiger partial charge in [0.2, 0.25) is 0 Å². The van der Waals surface area contributed by atoms with Crippen molar-refractivity contribution in [3.63, 3.8) is 0 Å². The fraction of sp³-hybridized carbons (Fsp3) is 1.00. The number of hydrogen-bond donors (Lipinski definition) is 0. The third-order valence-corrected chi connectivity index (χ3v) is 25.6. The van der Waals surface area contributed by atoms with Crippen LogP contribution in [0.2, 0.25) is 30.2 Å². The molecule has 0 unspecified atom stereocenters. The molecule has 0 fully saturated rings. The molecule has 0 spiro atoms. The van der Waals surface area contributed by atoms with E-state index in [-0.39, 0.29) is 18.9 Å². The van der Waals surface area contributed by atoms with Gasteiger partial charge in [-0.05, 0) is 0 Å². The number of nitrogens with zero attached hydrogens (tertiary/aromatic N) is 1. The standard InChI is InChI=1S/C12H30NSi2.Li/c1-7-13-15(11-5,12-6)14(8-2,9-3)10-4;/h7-12H2,1-6H3;/q-1;+1.